The van der Waals surface area contributed by atoms with Gasteiger partial charge in [0, 0.05) is 32.7 Å². The van der Waals surface area contributed by atoms with Crippen LogP contribution in [0.5, 0.6) is 0 Å². The summed E-state index contributed by atoms with van der Waals surface area (Å²) in [5.74, 6) is 0. The molecule has 0 aromatic heterocycles. The van der Waals surface area contributed by atoms with Crippen LogP contribution < -0.4 is 0 Å². The van der Waals surface area contributed by atoms with E-state index in [1.165, 1.54) is 6.04 Å². The van der Waals surface area contributed by atoms with Crippen molar-refractivity contribution >= 4 is 17.4 Å². The topological polar surface area (TPSA) is 9.23 Å². The largest absolute Gasteiger partial charge is 0.456 e. The molecule has 0 bridgehead atoms. The zero-order valence-electron chi connectivity index (χ0n) is 7.69. The molecule has 0 aromatic rings. The van der Waals surface area contributed by atoms with Gasteiger partial charge in [0.25, 0.3) is 0 Å². The summed E-state index contributed by atoms with van der Waals surface area (Å²) in [5.41, 5.74) is 0. The zero-order valence-corrected chi connectivity index (χ0v) is 12.5. The van der Waals surface area contributed by atoms with E-state index < -0.39 is 17.4 Å². The van der Waals surface area contributed by atoms with E-state index in [0.29, 0.717) is 0 Å². The third-order valence-electron chi connectivity index (χ3n) is 1.33. The van der Waals surface area contributed by atoms with Crippen molar-refractivity contribution in [2.45, 2.75) is 39.2 Å². The molecule has 0 aliphatic heterocycles. The van der Waals surface area contributed by atoms with Crippen LogP contribution in [-0.2, 0) is 36.8 Å². The van der Waals surface area contributed by atoms with Crippen LogP contribution in [0.1, 0.15) is 6.92 Å². The molecule has 58 valence electrons. The Hall–Kier alpha value is 1.50. The predicted octanol–water partition coefficient (Wildman–Crippen LogP) is 2.48. The van der Waals surface area contributed by atoms with Gasteiger partial charge >= 0.3 is 0 Å². The van der Waals surface area contributed by atoms with Crippen LogP contribution in [0.3, 0.4) is 0 Å². The maximum Gasteiger partial charge on any atom is 0.191 e. The first-order valence-corrected chi connectivity index (χ1v) is 8.99. The molecule has 0 spiro atoms. The molecule has 0 rings (SSSR count). The van der Waals surface area contributed by atoms with Crippen molar-refractivity contribution in [3.63, 3.8) is 0 Å². The molecule has 0 aliphatic rings. The monoisotopic (exact) mass is 250 g/mol. The molecular weight excluding hydrogens is 233 g/mol. The van der Waals surface area contributed by atoms with Crippen LogP contribution in [0.4, 0.5) is 0 Å². The average Bonchev–Trinajstić information content (AvgIpc) is 1.63. The molecule has 0 atom stereocenters. The Kier molecular flexibility index (Phi) is 8.52. The minimum Gasteiger partial charge on any atom is -0.456 e. The van der Waals surface area contributed by atoms with Gasteiger partial charge in [0.2, 0.25) is 0 Å². The standard InChI is InChI=1S/C6H17OSi2.Y/c1-6-9(4,5)7-8(2)3;/h6H2,1-5H3;. The molecule has 4 heteroatoms. The van der Waals surface area contributed by atoms with Gasteiger partial charge in [0.05, 0.1) is 0 Å². The van der Waals surface area contributed by atoms with Gasteiger partial charge in [-0.15, -0.1) is 0 Å². The summed E-state index contributed by atoms with van der Waals surface area (Å²) in [4.78, 5) is 0. The molecule has 0 unspecified atom stereocenters. The third-order valence-corrected chi connectivity index (χ3v) is 6.88. The van der Waals surface area contributed by atoms with E-state index in [0.717, 1.165) is 0 Å². The van der Waals surface area contributed by atoms with Crippen LogP contribution in [-0.4, -0.2) is 17.4 Å². The Bertz CT molecular complexity index is 85.8. The molecule has 10 heavy (non-hydrogen) atoms. The fraction of sp³-hybridized carbons (Fsp3) is 1.00. The minimum atomic E-state index is -1.20. The molecular formula is C6H17OSi2Y. The van der Waals surface area contributed by atoms with Crippen LogP contribution >= 0.6 is 0 Å². The van der Waals surface area contributed by atoms with E-state index >= 15 is 0 Å². The molecule has 0 heterocycles. The average molecular weight is 250 g/mol. The van der Waals surface area contributed by atoms with Gasteiger partial charge in [0.1, 0.15) is 0 Å². The summed E-state index contributed by atoms with van der Waals surface area (Å²) in [6.45, 7) is 11.2. The van der Waals surface area contributed by atoms with Crippen molar-refractivity contribution in [3.05, 3.63) is 0 Å². The van der Waals surface area contributed by atoms with E-state index in [9.17, 15) is 0 Å². The van der Waals surface area contributed by atoms with E-state index in [2.05, 4.69) is 33.1 Å². The van der Waals surface area contributed by atoms with Crippen molar-refractivity contribution in [3.8, 4) is 0 Å². The first-order valence-electron chi connectivity index (χ1n) is 3.47. The molecule has 0 saturated heterocycles. The van der Waals surface area contributed by atoms with Gasteiger partial charge in [-0.2, -0.15) is 0 Å². The smallest absolute Gasteiger partial charge is 0.191 e. The van der Waals surface area contributed by atoms with Crippen molar-refractivity contribution in [1.29, 1.82) is 0 Å². The van der Waals surface area contributed by atoms with E-state index in [4.69, 9.17) is 4.12 Å². The molecule has 1 nitrogen and oxygen atoms in total. The van der Waals surface area contributed by atoms with Gasteiger partial charge in [0.15, 0.2) is 17.4 Å². The van der Waals surface area contributed by atoms with Gasteiger partial charge in [-0.1, -0.05) is 6.92 Å². The maximum atomic E-state index is 5.83. The van der Waals surface area contributed by atoms with Gasteiger partial charge < -0.3 is 4.12 Å². The summed E-state index contributed by atoms with van der Waals surface area (Å²) >= 11 is 0. The molecule has 0 aliphatic carbocycles. The van der Waals surface area contributed by atoms with E-state index in [-0.39, 0.29) is 32.7 Å². The van der Waals surface area contributed by atoms with Crippen LogP contribution in [0.2, 0.25) is 32.2 Å². The van der Waals surface area contributed by atoms with Crippen molar-refractivity contribution in [2.75, 3.05) is 0 Å². The Balaban J connectivity index is 0. The number of hydrogen-bond donors (Lipinski definition) is 0. The summed E-state index contributed by atoms with van der Waals surface area (Å²) in [6.07, 6.45) is 0. The van der Waals surface area contributed by atoms with Crippen molar-refractivity contribution in [2.24, 2.45) is 0 Å². The predicted molar refractivity (Wildman–Crippen MR) is 46.5 cm³/mol. The molecule has 0 saturated carbocycles. The molecule has 0 N–H and O–H groups in total. The van der Waals surface area contributed by atoms with Gasteiger partial charge in [-0.25, -0.2) is 0 Å². The normalized spacial score (nSPS) is 11.4. The molecule has 0 amide bonds. The SMILES string of the molecule is CC[Si](C)(C)O[Si](C)C.[Y]. The van der Waals surface area contributed by atoms with Gasteiger partial charge in [-0.05, 0) is 32.2 Å². The fourth-order valence-electron chi connectivity index (χ4n) is 0.625. The molecule has 0 aromatic carbocycles. The molecule has 2 radical (unpaired) electrons. The fourth-order valence-corrected chi connectivity index (χ4v) is 5.62. The first-order chi connectivity index (χ1) is 3.98. The van der Waals surface area contributed by atoms with Crippen molar-refractivity contribution in [1.82, 2.24) is 0 Å². The Labute approximate surface area is 92.7 Å². The number of rotatable bonds is 3. The Morgan fingerprint density at radius 1 is 1.30 bits per heavy atom. The van der Waals surface area contributed by atoms with Crippen LogP contribution in [0.25, 0.3) is 0 Å². The zero-order chi connectivity index (χ0) is 7.49. The second-order valence-corrected chi connectivity index (χ2v) is 9.98. The first kappa shape index (κ1) is 14.0. The summed E-state index contributed by atoms with van der Waals surface area (Å²) < 4.78 is 5.83. The van der Waals surface area contributed by atoms with Crippen LogP contribution in [0, 0.1) is 0 Å². The second-order valence-electron chi connectivity index (χ2n) is 3.12. The molecule has 0 fully saturated rings. The third kappa shape index (κ3) is 7.60. The summed E-state index contributed by atoms with van der Waals surface area (Å²) in [7, 11) is -1.64. The Morgan fingerprint density at radius 3 is 1.80 bits per heavy atom. The Morgan fingerprint density at radius 2 is 1.70 bits per heavy atom. The summed E-state index contributed by atoms with van der Waals surface area (Å²) in [5, 5.41) is 0. The van der Waals surface area contributed by atoms with E-state index in [1.807, 2.05) is 0 Å². The van der Waals surface area contributed by atoms with Crippen LogP contribution in [0.15, 0.2) is 0 Å². The van der Waals surface area contributed by atoms with E-state index in [1.54, 1.807) is 0 Å². The minimum absolute atomic E-state index is 0. The maximum absolute atomic E-state index is 5.83. The second kappa shape index (κ2) is 6.06. The quantitative estimate of drug-likeness (QED) is 0.699. The summed E-state index contributed by atoms with van der Waals surface area (Å²) in [6, 6.07) is 1.24. The number of hydrogen-bond acceptors (Lipinski definition) is 1. The van der Waals surface area contributed by atoms with Gasteiger partial charge in [-0.3, -0.25) is 0 Å². The van der Waals surface area contributed by atoms with Crippen molar-refractivity contribution < 1.29 is 36.8 Å².